The molecule has 6 heteroatoms. The van der Waals surface area contributed by atoms with E-state index in [1.807, 2.05) is 26.8 Å². The Balaban J connectivity index is 1.81. The van der Waals surface area contributed by atoms with Gasteiger partial charge in [-0.2, -0.15) is 0 Å². The molecule has 0 bridgehead atoms. The predicted octanol–water partition coefficient (Wildman–Crippen LogP) is 4.37. The Hall–Kier alpha value is -2.86. The van der Waals surface area contributed by atoms with Crippen molar-refractivity contribution in [3.05, 3.63) is 65.5 Å². The van der Waals surface area contributed by atoms with E-state index in [0.717, 1.165) is 42.4 Å². The summed E-state index contributed by atoms with van der Waals surface area (Å²) in [5.41, 5.74) is 10.2. The molecule has 1 fully saturated rings. The number of allylic oxidation sites excluding steroid dienone is 1. The van der Waals surface area contributed by atoms with Crippen LogP contribution < -0.4 is 5.73 Å². The van der Waals surface area contributed by atoms with Crippen molar-refractivity contribution in [1.29, 1.82) is 0 Å². The quantitative estimate of drug-likeness (QED) is 0.651. The van der Waals surface area contributed by atoms with E-state index in [2.05, 4.69) is 35.8 Å². The number of carboxylic acids is 1. The average Bonchev–Trinajstić information content (AvgIpc) is 2.73. The highest BCUT2D eigenvalue weighted by molar-refractivity contribution is 6.03. The van der Waals surface area contributed by atoms with Gasteiger partial charge in [0, 0.05) is 17.5 Å². The maximum Gasteiger partial charge on any atom is 0.332 e. The maximum atomic E-state index is 11.0. The van der Waals surface area contributed by atoms with Crippen LogP contribution in [0.2, 0.25) is 0 Å². The topological polar surface area (TPSA) is 105 Å². The lowest BCUT2D eigenvalue weighted by Crippen LogP contribution is -2.34. The number of nitrogens with two attached hydrogens (primary N) is 1. The Morgan fingerprint density at radius 1 is 1.26 bits per heavy atom. The Labute approximate surface area is 183 Å². The largest absolute Gasteiger partial charge is 0.479 e. The van der Waals surface area contributed by atoms with Crippen LogP contribution in [0, 0.1) is 5.92 Å². The van der Waals surface area contributed by atoms with E-state index in [4.69, 9.17) is 15.6 Å². The second kappa shape index (κ2) is 9.10. The van der Waals surface area contributed by atoms with Gasteiger partial charge in [-0.25, -0.2) is 9.79 Å². The minimum absolute atomic E-state index is 0.158. The SMILES string of the molecule is C=CN=C1OC(C)(C)C(c2ccc(C3CCC([C@H](O)C(=O)O)CC3)cc2)=C/C1=C(/C)N. The van der Waals surface area contributed by atoms with Crippen LogP contribution in [0.1, 0.15) is 63.5 Å². The molecular formula is C25H32N2O4. The van der Waals surface area contributed by atoms with Crippen LogP contribution in [0.15, 0.2) is 59.4 Å². The van der Waals surface area contributed by atoms with Crippen molar-refractivity contribution in [3.8, 4) is 0 Å². The molecule has 166 valence electrons. The number of aliphatic hydroxyl groups is 1. The summed E-state index contributed by atoms with van der Waals surface area (Å²) in [5, 5.41) is 18.8. The van der Waals surface area contributed by atoms with Crippen LogP contribution in [-0.2, 0) is 9.53 Å². The Morgan fingerprint density at radius 3 is 2.39 bits per heavy atom. The van der Waals surface area contributed by atoms with Crippen molar-refractivity contribution < 1.29 is 19.7 Å². The number of benzene rings is 1. The van der Waals surface area contributed by atoms with Crippen molar-refractivity contribution in [2.24, 2.45) is 16.6 Å². The number of rotatable bonds is 5. The van der Waals surface area contributed by atoms with Crippen molar-refractivity contribution in [3.63, 3.8) is 0 Å². The first-order valence-corrected chi connectivity index (χ1v) is 10.7. The van der Waals surface area contributed by atoms with Crippen LogP contribution in [-0.4, -0.2) is 33.8 Å². The minimum atomic E-state index is -1.26. The molecule has 1 aliphatic heterocycles. The number of hydrogen-bond donors (Lipinski definition) is 3. The highest BCUT2D eigenvalue weighted by atomic mass is 16.5. The van der Waals surface area contributed by atoms with Crippen LogP contribution in [0.5, 0.6) is 0 Å². The van der Waals surface area contributed by atoms with Crippen LogP contribution in [0.25, 0.3) is 5.57 Å². The fourth-order valence-electron chi connectivity index (χ4n) is 4.53. The third-order valence-electron chi connectivity index (χ3n) is 6.32. The van der Waals surface area contributed by atoms with Gasteiger partial charge in [0.1, 0.15) is 5.60 Å². The fourth-order valence-corrected chi connectivity index (χ4v) is 4.53. The van der Waals surface area contributed by atoms with Gasteiger partial charge in [-0.15, -0.1) is 0 Å². The van der Waals surface area contributed by atoms with Crippen LogP contribution in [0.3, 0.4) is 0 Å². The number of carbonyl (C=O) groups is 1. The third-order valence-corrected chi connectivity index (χ3v) is 6.32. The number of nitrogens with zero attached hydrogens (tertiary/aromatic N) is 1. The van der Waals surface area contributed by atoms with Gasteiger partial charge in [-0.1, -0.05) is 30.8 Å². The lowest BCUT2D eigenvalue weighted by molar-refractivity contribution is -0.150. The molecule has 0 saturated heterocycles. The standard InChI is InChI=1S/C25H32N2O4/c1-5-27-23-20(15(2)26)14-21(25(3,4)31-23)18-10-6-16(7-11-18)17-8-12-19(13-9-17)22(28)24(29)30/h5-7,10-11,14,17,19,22,28H,1,8-9,12-13,26H2,2-4H3,(H,29,30)/b20-15+,27-23?/t17?,19?,22-/m0/s1. The summed E-state index contributed by atoms with van der Waals surface area (Å²) in [6, 6.07) is 8.47. The first-order chi connectivity index (χ1) is 14.6. The van der Waals surface area contributed by atoms with E-state index in [9.17, 15) is 9.90 Å². The Bertz CT molecular complexity index is 929. The zero-order valence-corrected chi connectivity index (χ0v) is 18.5. The number of ether oxygens (including phenoxy) is 1. The maximum absolute atomic E-state index is 11.0. The summed E-state index contributed by atoms with van der Waals surface area (Å²) in [7, 11) is 0. The number of hydrogen-bond acceptors (Lipinski definition) is 5. The van der Waals surface area contributed by atoms with Crippen molar-refractivity contribution in [2.75, 3.05) is 0 Å². The average molecular weight is 425 g/mol. The Morgan fingerprint density at radius 2 is 1.87 bits per heavy atom. The zero-order chi connectivity index (χ0) is 22.8. The molecule has 1 aromatic carbocycles. The van der Waals surface area contributed by atoms with Gasteiger partial charge in [0.2, 0.25) is 5.90 Å². The zero-order valence-electron chi connectivity index (χ0n) is 18.5. The molecule has 0 radical (unpaired) electrons. The van der Waals surface area contributed by atoms with Crippen LogP contribution in [0.4, 0.5) is 0 Å². The number of carboxylic acid groups (broad SMARTS) is 1. The molecule has 1 atom stereocenters. The summed E-state index contributed by atoms with van der Waals surface area (Å²) in [5.74, 6) is -0.431. The number of aliphatic imine (C=N–C) groups is 1. The highest BCUT2D eigenvalue weighted by Gasteiger charge is 2.35. The monoisotopic (exact) mass is 424 g/mol. The van der Waals surface area contributed by atoms with E-state index in [0.29, 0.717) is 17.5 Å². The molecule has 6 nitrogen and oxygen atoms in total. The second-order valence-electron chi connectivity index (χ2n) is 8.90. The lowest BCUT2D eigenvalue weighted by atomic mass is 9.76. The fraction of sp³-hybridized carbons (Fsp3) is 0.440. The number of aliphatic carboxylic acids is 1. The molecule has 4 N–H and O–H groups in total. The molecule has 2 aliphatic rings. The Kier molecular flexibility index (Phi) is 6.70. The summed E-state index contributed by atoms with van der Waals surface area (Å²) in [6.07, 6.45) is 5.44. The second-order valence-corrected chi connectivity index (χ2v) is 8.90. The van der Waals surface area contributed by atoms with Crippen molar-refractivity contribution >= 4 is 17.4 Å². The van der Waals surface area contributed by atoms with Crippen molar-refractivity contribution in [2.45, 2.75) is 64.1 Å². The van der Waals surface area contributed by atoms with Crippen molar-refractivity contribution in [1.82, 2.24) is 0 Å². The molecule has 3 rings (SSSR count). The summed E-state index contributed by atoms with van der Waals surface area (Å²) in [6.45, 7) is 9.49. The summed E-state index contributed by atoms with van der Waals surface area (Å²) in [4.78, 5) is 15.3. The smallest absolute Gasteiger partial charge is 0.332 e. The van der Waals surface area contributed by atoms with Gasteiger partial charge < -0.3 is 20.7 Å². The molecule has 31 heavy (non-hydrogen) atoms. The van der Waals surface area contributed by atoms with E-state index < -0.39 is 17.7 Å². The van der Waals surface area contributed by atoms with E-state index >= 15 is 0 Å². The van der Waals surface area contributed by atoms with Gasteiger partial charge in [0.25, 0.3) is 0 Å². The van der Waals surface area contributed by atoms with E-state index in [1.165, 1.54) is 11.8 Å². The highest BCUT2D eigenvalue weighted by Crippen LogP contribution is 2.40. The molecule has 0 amide bonds. The van der Waals surface area contributed by atoms with Gasteiger partial charge in [-0.05, 0) is 75.5 Å². The molecule has 1 aliphatic carbocycles. The van der Waals surface area contributed by atoms with Gasteiger partial charge in [0.15, 0.2) is 6.10 Å². The lowest BCUT2D eigenvalue weighted by Gasteiger charge is -2.35. The minimum Gasteiger partial charge on any atom is -0.479 e. The molecule has 0 spiro atoms. The molecule has 0 unspecified atom stereocenters. The van der Waals surface area contributed by atoms with Crippen LogP contribution >= 0.6 is 0 Å². The first kappa shape index (κ1) is 22.8. The number of aliphatic hydroxyl groups excluding tert-OH is 1. The van der Waals surface area contributed by atoms with Gasteiger partial charge in [-0.3, -0.25) is 0 Å². The third kappa shape index (κ3) is 4.90. The van der Waals surface area contributed by atoms with E-state index in [1.54, 1.807) is 0 Å². The molecule has 0 aromatic heterocycles. The van der Waals surface area contributed by atoms with E-state index in [-0.39, 0.29) is 5.92 Å². The molecule has 1 saturated carbocycles. The first-order valence-electron chi connectivity index (χ1n) is 10.7. The van der Waals surface area contributed by atoms with Gasteiger partial charge in [0.05, 0.1) is 5.57 Å². The molecule has 1 heterocycles. The summed E-state index contributed by atoms with van der Waals surface area (Å²) < 4.78 is 6.16. The predicted molar refractivity (Wildman–Crippen MR) is 122 cm³/mol. The molecular weight excluding hydrogens is 392 g/mol. The van der Waals surface area contributed by atoms with Gasteiger partial charge >= 0.3 is 5.97 Å². The summed E-state index contributed by atoms with van der Waals surface area (Å²) >= 11 is 0. The normalized spacial score (nSPS) is 27.1. The molecule has 1 aromatic rings.